The van der Waals surface area contributed by atoms with E-state index in [-0.39, 0.29) is 12.8 Å². The summed E-state index contributed by atoms with van der Waals surface area (Å²) in [6, 6.07) is 4.85. The van der Waals surface area contributed by atoms with Crippen molar-refractivity contribution in [3.63, 3.8) is 0 Å². The fourth-order valence-corrected chi connectivity index (χ4v) is 1.54. The number of esters is 1. The van der Waals surface area contributed by atoms with Crippen LogP contribution in [0, 0.1) is 6.92 Å². The maximum Gasteiger partial charge on any atom is 0.338 e. The molecule has 0 heterocycles. The van der Waals surface area contributed by atoms with Crippen LogP contribution in [0.2, 0.25) is 0 Å². The van der Waals surface area contributed by atoms with Gasteiger partial charge < -0.3 is 15.2 Å². The summed E-state index contributed by atoms with van der Waals surface area (Å²) in [5.41, 5.74) is 1.41. The van der Waals surface area contributed by atoms with Crippen LogP contribution in [0.15, 0.2) is 18.2 Å². The lowest BCUT2D eigenvalue weighted by Gasteiger charge is -2.10. The smallest absolute Gasteiger partial charge is 0.338 e. The molecule has 0 aliphatic carbocycles. The van der Waals surface area contributed by atoms with E-state index in [4.69, 9.17) is 5.11 Å². The van der Waals surface area contributed by atoms with E-state index in [1.165, 1.54) is 7.11 Å². The molecule has 0 fully saturated rings. The lowest BCUT2D eigenvalue weighted by atomic mass is 10.1. The Bertz CT molecular complexity index is 510. The number of carboxylic acid groups (broad SMARTS) is 1. The number of hydrogen-bond donors (Lipinski definition) is 2. The number of carboxylic acids is 1. The molecule has 19 heavy (non-hydrogen) atoms. The van der Waals surface area contributed by atoms with E-state index in [0.717, 1.165) is 0 Å². The lowest BCUT2D eigenvalue weighted by Crippen LogP contribution is -2.15. The SMILES string of the molecule is COC(=O)c1cccc(NC(=O)CCC(=O)O)c1C. The third kappa shape index (κ3) is 4.09. The van der Waals surface area contributed by atoms with Crippen molar-refractivity contribution in [3.8, 4) is 0 Å². The van der Waals surface area contributed by atoms with Crippen LogP contribution >= 0.6 is 0 Å². The number of methoxy groups -OCH3 is 1. The van der Waals surface area contributed by atoms with E-state index >= 15 is 0 Å². The first kappa shape index (κ1) is 14.7. The van der Waals surface area contributed by atoms with Gasteiger partial charge in [0.2, 0.25) is 5.91 Å². The summed E-state index contributed by atoms with van der Waals surface area (Å²) >= 11 is 0. The van der Waals surface area contributed by atoms with E-state index in [1.807, 2.05) is 0 Å². The molecule has 6 heteroatoms. The Labute approximate surface area is 110 Å². The van der Waals surface area contributed by atoms with E-state index in [0.29, 0.717) is 16.8 Å². The fourth-order valence-electron chi connectivity index (χ4n) is 1.54. The van der Waals surface area contributed by atoms with Gasteiger partial charge in [0, 0.05) is 12.1 Å². The average molecular weight is 265 g/mol. The van der Waals surface area contributed by atoms with E-state index in [9.17, 15) is 14.4 Å². The highest BCUT2D eigenvalue weighted by Gasteiger charge is 2.13. The van der Waals surface area contributed by atoms with Gasteiger partial charge >= 0.3 is 11.9 Å². The zero-order chi connectivity index (χ0) is 14.4. The molecule has 1 aromatic carbocycles. The van der Waals surface area contributed by atoms with Crippen LogP contribution in [0.5, 0.6) is 0 Å². The maximum absolute atomic E-state index is 11.5. The summed E-state index contributed by atoms with van der Waals surface area (Å²) in [5, 5.41) is 11.1. The number of rotatable bonds is 5. The molecule has 1 aromatic rings. The van der Waals surface area contributed by atoms with Gasteiger partial charge in [-0.25, -0.2) is 4.79 Å². The zero-order valence-corrected chi connectivity index (χ0v) is 10.7. The number of hydrogen-bond acceptors (Lipinski definition) is 4. The quantitative estimate of drug-likeness (QED) is 0.788. The average Bonchev–Trinajstić information content (AvgIpc) is 2.38. The molecule has 2 N–H and O–H groups in total. The Kier molecular flexibility index (Phi) is 5.05. The van der Waals surface area contributed by atoms with Crippen LogP contribution < -0.4 is 5.32 Å². The first-order chi connectivity index (χ1) is 8.95. The van der Waals surface area contributed by atoms with Gasteiger partial charge in [-0.1, -0.05) is 6.07 Å². The van der Waals surface area contributed by atoms with Gasteiger partial charge in [0.1, 0.15) is 0 Å². The summed E-state index contributed by atoms with van der Waals surface area (Å²) in [7, 11) is 1.28. The van der Waals surface area contributed by atoms with Gasteiger partial charge in [-0.15, -0.1) is 0 Å². The van der Waals surface area contributed by atoms with Crippen molar-refractivity contribution in [2.45, 2.75) is 19.8 Å². The number of carbonyl (C=O) groups is 3. The van der Waals surface area contributed by atoms with Crippen LogP contribution in [0.25, 0.3) is 0 Å². The summed E-state index contributed by atoms with van der Waals surface area (Å²) in [4.78, 5) is 33.4. The molecule has 0 saturated carbocycles. The molecule has 102 valence electrons. The van der Waals surface area contributed by atoms with Gasteiger partial charge in [0.15, 0.2) is 0 Å². The second-order valence-electron chi connectivity index (χ2n) is 3.91. The second kappa shape index (κ2) is 6.53. The van der Waals surface area contributed by atoms with Gasteiger partial charge in [-0.2, -0.15) is 0 Å². The topological polar surface area (TPSA) is 92.7 Å². The molecule has 0 saturated heterocycles. The minimum absolute atomic E-state index is 0.114. The number of benzene rings is 1. The monoisotopic (exact) mass is 265 g/mol. The Morgan fingerprint density at radius 3 is 2.53 bits per heavy atom. The fraction of sp³-hybridized carbons (Fsp3) is 0.308. The third-order valence-electron chi connectivity index (χ3n) is 2.58. The second-order valence-corrected chi connectivity index (χ2v) is 3.91. The van der Waals surface area contributed by atoms with Crippen LogP contribution in [-0.4, -0.2) is 30.1 Å². The number of nitrogens with one attached hydrogen (secondary N) is 1. The Balaban J connectivity index is 2.82. The Morgan fingerprint density at radius 1 is 1.26 bits per heavy atom. The Hall–Kier alpha value is -2.37. The molecule has 1 rings (SSSR count). The lowest BCUT2D eigenvalue weighted by molar-refractivity contribution is -0.138. The third-order valence-corrected chi connectivity index (χ3v) is 2.58. The van der Waals surface area contributed by atoms with Crippen LogP contribution in [-0.2, 0) is 14.3 Å². The van der Waals surface area contributed by atoms with Crippen LogP contribution in [0.4, 0.5) is 5.69 Å². The first-order valence-corrected chi connectivity index (χ1v) is 5.65. The minimum atomic E-state index is -1.03. The summed E-state index contributed by atoms with van der Waals surface area (Å²) in [5.74, 6) is -1.93. The van der Waals surface area contributed by atoms with E-state index in [2.05, 4.69) is 10.1 Å². The molecule has 0 aliphatic heterocycles. The normalized spacial score (nSPS) is 9.79. The highest BCUT2D eigenvalue weighted by atomic mass is 16.5. The number of anilines is 1. The predicted octanol–water partition coefficient (Wildman–Crippen LogP) is 1.58. The van der Waals surface area contributed by atoms with Gasteiger partial charge in [-0.05, 0) is 24.6 Å². The molecule has 0 radical (unpaired) electrons. The molecule has 0 spiro atoms. The molecule has 0 atom stereocenters. The minimum Gasteiger partial charge on any atom is -0.481 e. The largest absolute Gasteiger partial charge is 0.481 e. The maximum atomic E-state index is 11.5. The van der Waals surface area contributed by atoms with Crippen LogP contribution in [0.3, 0.4) is 0 Å². The molecule has 0 aliphatic rings. The number of ether oxygens (including phenoxy) is 1. The molecule has 0 aromatic heterocycles. The highest BCUT2D eigenvalue weighted by molar-refractivity contribution is 5.97. The molecule has 0 unspecified atom stereocenters. The van der Waals surface area contributed by atoms with Gasteiger partial charge in [0.05, 0.1) is 19.1 Å². The van der Waals surface area contributed by atoms with Crippen LogP contribution in [0.1, 0.15) is 28.8 Å². The Morgan fingerprint density at radius 2 is 1.95 bits per heavy atom. The molecular formula is C13H15NO5. The number of carbonyl (C=O) groups excluding carboxylic acids is 2. The van der Waals surface area contributed by atoms with Crippen molar-refractivity contribution in [3.05, 3.63) is 29.3 Å². The predicted molar refractivity (Wildman–Crippen MR) is 68.0 cm³/mol. The number of amides is 1. The van der Waals surface area contributed by atoms with Crippen molar-refractivity contribution in [2.24, 2.45) is 0 Å². The van der Waals surface area contributed by atoms with E-state index < -0.39 is 17.8 Å². The number of aliphatic carboxylic acids is 1. The molecular weight excluding hydrogens is 250 g/mol. The molecule has 0 bridgehead atoms. The van der Waals surface area contributed by atoms with Crippen molar-refractivity contribution in [2.75, 3.05) is 12.4 Å². The highest BCUT2D eigenvalue weighted by Crippen LogP contribution is 2.19. The van der Waals surface area contributed by atoms with E-state index in [1.54, 1.807) is 25.1 Å². The first-order valence-electron chi connectivity index (χ1n) is 5.65. The van der Waals surface area contributed by atoms with Crippen molar-refractivity contribution in [1.29, 1.82) is 0 Å². The van der Waals surface area contributed by atoms with Gasteiger partial charge in [-0.3, -0.25) is 9.59 Å². The van der Waals surface area contributed by atoms with Crippen molar-refractivity contribution >= 4 is 23.5 Å². The summed E-state index contributed by atoms with van der Waals surface area (Å²) < 4.78 is 4.63. The molecule has 6 nitrogen and oxygen atoms in total. The summed E-state index contributed by atoms with van der Waals surface area (Å²) in [6.07, 6.45) is -0.348. The van der Waals surface area contributed by atoms with Crippen molar-refractivity contribution < 1.29 is 24.2 Å². The molecule has 1 amide bonds. The standard InChI is InChI=1S/C13H15NO5/c1-8-9(13(18)19-2)4-3-5-10(8)14-11(15)6-7-12(16)17/h3-5H,6-7H2,1-2H3,(H,14,15)(H,16,17). The zero-order valence-electron chi connectivity index (χ0n) is 10.7. The van der Waals surface area contributed by atoms with Gasteiger partial charge in [0.25, 0.3) is 0 Å². The van der Waals surface area contributed by atoms with Crippen molar-refractivity contribution in [1.82, 2.24) is 0 Å². The summed E-state index contributed by atoms with van der Waals surface area (Å²) in [6.45, 7) is 1.68.